The molecule has 0 bridgehead atoms. The molecular formula is C76H129NO8. The first-order chi connectivity index (χ1) is 41.6. The molecule has 0 aliphatic heterocycles. The summed E-state index contributed by atoms with van der Waals surface area (Å²) in [5.41, 5.74) is 0. The van der Waals surface area contributed by atoms with Crippen LogP contribution in [0.2, 0.25) is 0 Å². The number of carboxylic acid groups (broad SMARTS) is 1. The number of ether oxygens (including phenoxy) is 4. The quantitative estimate of drug-likeness (QED) is 0.0195. The monoisotopic (exact) mass is 1180 g/mol. The molecule has 0 amide bonds. The van der Waals surface area contributed by atoms with Crippen molar-refractivity contribution < 1.29 is 42.9 Å². The van der Waals surface area contributed by atoms with E-state index < -0.39 is 24.3 Å². The predicted molar refractivity (Wildman–Crippen MR) is 361 cm³/mol. The standard InChI is InChI=1S/C76H129NO8/c1-6-8-10-12-14-16-18-20-22-24-26-28-30-31-32-33-34-35-36-37-38-39-40-41-42-43-45-47-49-51-53-55-57-59-61-63-65-67-74(79)85-72(71-84-76(75(80)81)82-69-68-77(3,4)5)70-83-73(78)66-64-62-60-58-56-54-52-50-48-46-44-29-27-25-23-21-19-17-15-13-11-9-7-2/h8,10,14,16,20,22,26,28,31-32,34-35,37-38,40-41,43,45,49,51,72,76H,6-7,9,11-13,15,17-19,21,23-25,27,29-30,33,36,39,42,44,46-48,50,52-71H2,1-5H3/b10-8-,16-14-,22-20-,28-26-,32-31-,35-34-,38-37-,41-40-,45-43-,51-49-. The normalized spacial score (nSPS) is 13.5. The number of unbranched alkanes of at least 4 members (excludes halogenated alkanes) is 28. The molecule has 0 radical (unpaired) electrons. The molecule has 2 unspecified atom stereocenters. The molecule has 0 heterocycles. The van der Waals surface area contributed by atoms with E-state index in [1.54, 1.807) is 0 Å². The maximum absolute atomic E-state index is 12.9. The Kier molecular flexibility index (Phi) is 62.3. The van der Waals surface area contributed by atoms with Crippen molar-refractivity contribution >= 4 is 17.9 Å². The van der Waals surface area contributed by atoms with Crippen molar-refractivity contribution in [2.24, 2.45) is 0 Å². The van der Waals surface area contributed by atoms with Gasteiger partial charge in [-0.1, -0.05) is 302 Å². The summed E-state index contributed by atoms with van der Waals surface area (Å²) in [7, 11) is 5.92. The summed E-state index contributed by atoms with van der Waals surface area (Å²) in [5, 5.41) is 11.8. The zero-order valence-corrected chi connectivity index (χ0v) is 55.4. The van der Waals surface area contributed by atoms with Crippen molar-refractivity contribution in [3.63, 3.8) is 0 Å². The van der Waals surface area contributed by atoms with Crippen LogP contribution in [0.5, 0.6) is 0 Å². The van der Waals surface area contributed by atoms with Gasteiger partial charge in [-0.05, 0) is 89.9 Å². The molecular weight excluding hydrogens is 1050 g/mol. The third kappa shape index (κ3) is 67.1. The molecule has 0 aliphatic rings. The lowest BCUT2D eigenvalue weighted by atomic mass is 10.0. The number of hydrogen-bond acceptors (Lipinski definition) is 8. The molecule has 0 aliphatic carbocycles. The molecule has 0 aromatic rings. The summed E-state index contributed by atoms with van der Waals surface area (Å²) in [4.78, 5) is 37.5. The maximum Gasteiger partial charge on any atom is 0.306 e. The van der Waals surface area contributed by atoms with Crippen molar-refractivity contribution in [2.45, 2.75) is 296 Å². The van der Waals surface area contributed by atoms with Crippen LogP contribution < -0.4 is 5.11 Å². The lowest BCUT2D eigenvalue weighted by molar-refractivity contribution is -0.870. The number of esters is 2. The molecule has 0 saturated heterocycles. The molecule has 9 nitrogen and oxygen atoms in total. The van der Waals surface area contributed by atoms with Gasteiger partial charge in [0.2, 0.25) is 0 Å². The highest BCUT2D eigenvalue weighted by atomic mass is 16.7. The summed E-state index contributed by atoms with van der Waals surface area (Å²) >= 11 is 0. The Balaban J connectivity index is 4.20. The van der Waals surface area contributed by atoms with Crippen LogP contribution in [0.1, 0.15) is 284 Å². The highest BCUT2D eigenvalue weighted by molar-refractivity contribution is 5.70. The Labute approximate surface area is 523 Å². The maximum atomic E-state index is 12.9. The van der Waals surface area contributed by atoms with Gasteiger partial charge in [0, 0.05) is 12.8 Å². The summed E-state index contributed by atoms with van der Waals surface area (Å²) in [6.45, 7) is 4.64. The van der Waals surface area contributed by atoms with E-state index in [1.165, 1.54) is 128 Å². The second-order valence-corrected chi connectivity index (χ2v) is 24.1. The van der Waals surface area contributed by atoms with Crippen molar-refractivity contribution in [3.05, 3.63) is 122 Å². The van der Waals surface area contributed by atoms with E-state index >= 15 is 0 Å². The molecule has 0 aromatic heterocycles. The van der Waals surface area contributed by atoms with Gasteiger partial charge in [-0.2, -0.15) is 0 Å². The number of rotatable bonds is 63. The van der Waals surface area contributed by atoms with Crippen molar-refractivity contribution in [1.82, 2.24) is 0 Å². The average Bonchev–Trinajstić information content (AvgIpc) is 3.48. The first-order valence-corrected chi connectivity index (χ1v) is 34.7. The van der Waals surface area contributed by atoms with E-state index in [9.17, 15) is 19.5 Å². The van der Waals surface area contributed by atoms with E-state index in [1.807, 2.05) is 21.1 Å². The summed E-state index contributed by atoms with van der Waals surface area (Å²) < 4.78 is 22.8. The molecule has 0 aromatic carbocycles. The first-order valence-electron chi connectivity index (χ1n) is 34.7. The average molecular weight is 1180 g/mol. The molecule has 9 heteroatoms. The van der Waals surface area contributed by atoms with Crippen LogP contribution in [0.3, 0.4) is 0 Å². The number of aliphatic carboxylic acids is 1. The number of nitrogens with zero attached hydrogens (tertiary/aromatic N) is 1. The van der Waals surface area contributed by atoms with Gasteiger partial charge in [-0.25, -0.2) is 0 Å². The van der Waals surface area contributed by atoms with E-state index in [0.29, 0.717) is 17.4 Å². The highest BCUT2D eigenvalue weighted by Gasteiger charge is 2.22. The summed E-state index contributed by atoms with van der Waals surface area (Å²) in [6.07, 6.45) is 89.9. The van der Waals surface area contributed by atoms with Crippen LogP contribution in [0.4, 0.5) is 0 Å². The molecule has 85 heavy (non-hydrogen) atoms. The number of carboxylic acids is 1. The molecule has 0 N–H and O–H groups in total. The van der Waals surface area contributed by atoms with Crippen LogP contribution >= 0.6 is 0 Å². The molecule has 0 rings (SSSR count). The third-order valence-electron chi connectivity index (χ3n) is 14.7. The lowest BCUT2D eigenvalue weighted by Gasteiger charge is -2.26. The molecule has 0 spiro atoms. The zero-order valence-electron chi connectivity index (χ0n) is 55.4. The van der Waals surface area contributed by atoms with Crippen molar-refractivity contribution in [1.29, 1.82) is 0 Å². The van der Waals surface area contributed by atoms with Gasteiger partial charge in [0.05, 0.1) is 40.3 Å². The topological polar surface area (TPSA) is 111 Å². The minimum absolute atomic E-state index is 0.140. The number of hydrogen-bond donors (Lipinski definition) is 0. The second kappa shape index (κ2) is 65.7. The van der Waals surface area contributed by atoms with Gasteiger partial charge >= 0.3 is 11.9 Å². The van der Waals surface area contributed by atoms with Crippen LogP contribution in [0, 0.1) is 0 Å². The summed E-state index contributed by atoms with van der Waals surface area (Å²) in [6, 6.07) is 0. The highest BCUT2D eigenvalue weighted by Crippen LogP contribution is 2.17. The SMILES string of the molecule is CC/C=C\C/C=C\C/C=C\C/C=C\C/C=C\C/C=C\C/C=C\C/C=C\C/C=C\C/C=C\CCCCCCCCC(=O)OC(COC(=O)CCCCCCCCCCCCCCCCCCCCCCCCC)COC(OCC[N+](C)(C)C)C(=O)[O-]. The Morgan fingerprint density at radius 1 is 0.365 bits per heavy atom. The Bertz CT molecular complexity index is 1810. The van der Waals surface area contributed by atoms with E-state index in [0.717, 1.165) is 122 Å². The molecule has 2 atom stereocenters. The van der Waals surface area contributed by atoms with Gasteiger partial charge < -0.3 is 33.3 Å². The van der Waals surface area contributed by atoms with Gasteiger partial charge in [0.15, 0.2) is 12.4 Å². The fourth-order valence-corrected chi connectivity index (χ4v) is 9.45. The Morgan fingerprint density at radius 3 is 1.00 bits per heavy atom. The van der Waals surface area contributed by atoms with Gasteiger partial charge in [-0.15, -0.1) is 0 Å². The predicted octanol–water partition coefficient (Wildman–Crippen LogP) is 20.2. The first kappa shape index (κ1) is 80.7. The number of quaternary nitrogens is 1. The number of carbonyl (C=O) groups excluding carboxylic acids is 3. The molecule has 0 saturated carbocycles. The second-order valence-electron chi connectivity index (χ2n) is 24.1. The largest absolute Gasteiger partial charge is 0.545 e. The summed E-state index contributed by atoms with van der Waals surface area (Å²) in [5.74, 6) is -2.30. The fraction of sp³-hybridized carbons (Fsp3) is 0.697. The van der Waals surface area contributed by atoms with Crippen LogP contribution in [0.25, 0.3) is 0 Å². The number of likely N-dealkylation sites (N-methyl/N-ethyl adjacent to an activating group) is 1. The van der Waals surface area contributed by atoms with Crippen LogP contribution in [0.15, 0.2) is 122 Å². The van der Waals surface area contributed by atoms with Crippen LogP contribution in [-0.2, 0) is 33.3 Å². The fourth-order valence-electron chi connectivity index (χ4n) is 9.45. The Morgan fingerprint density at radius 2 is 0.671 bits per heavy atom. The van der Waals surface area contributed by atoms with Crippen molar-refractivity contribution in [2.75, 3.05) is 47.5 Å². The van der Waals surface area contributed by atoms with Crippen molar-refractivity contribution in [3.8, 4) is 0 Å². The smallest absolute Gasteiger partial charge is 0.306 e. The molecule has 0 fully saturated rings. The number of carbonyl (C=O) groups is 3. The van der Waals surface area contributed by atoms with E-state index in [-0.39, 0.29) is 38.6 Å². The third-order valence-corrected chi connectivity index (χ3v) is 14.7. The van der Waals surface area contributed by atoms with E-state index in [4.69, 9.17) is 18.9 Å². The van der Waals surface area contributed by atoms with Gasteiger partial charge in [0.1, 0.15) is 13.2 Å². The minimum Gasteiger partial charge on any atom is -0.545 e. The lowest BCUT2D eigenvalue weighted by Crippen LogP contribution is -2.44. The van der Waals surface area contributed by atoms with Crippen LogP contribution in [-0.4, -0.2) is 82.3 Å². The van der Waals surface area contributed by atoms with Gasteiger partial charge in [-0.3, -0.25) is 9.59 Å². The molecule has 486 valence electrons. The zero-order chi connectivity index (χ0) is 61.9. The minimum atomic E-state index is -1.63. The van der Waals surface area contributed by atoms with E-state index in [2.05, 4.69) is 135 Å². The Hall–Kier alpha value is -4.31. The number of allylic oxidation sites excluding steroid dienone is 20. The van der Waals surface area contributed by atoms with Gasteiger partial charge in [0.25, 0.3) is 0 Å².